The lowest BCUT2D eigenvalue weighted by molar-refractivity contribution is -0.155. The molecule has 4 rings (SSSR count). The third-order valence-corrected chi connectivity index (χ3v) is 6.80. The summed E-state index contributed by atoms with van der Waals surface area (Å²) in [6.45, 7) is 6.60. The number of halogens is 1. The van der Waals surface area contributed by atoms with E-state index in [0.29, 0.717) is 37.2 Å². The van der Waals surface area contributed by atoms with Crippen LogP contribution in [0.5, 0.6) is 11.5 Å². The highest BCUT2D eigenvalue weighted by atomic mass is 19.1. The van der Waals surface area contributed by atoms with Gasteiger partial charge in [-0.25, -0.2) is 9.18 Å². The van der Waals surface area contributed by atoms with Crippen molar-refractivity contribution in [2.45, 2.75) is 70.6 Å². The van der Waals surface area contributed by atoms with Crippen molar-refractivity contribution in [2.24, 2.45) is 0 Å². The molecule has 2 saturated heterocycles. The summed E-state index contributed by atoms with van der Waals surface area (Å²) in [5.41, 5.74) is 0.795. The molecule has 2 fully saturated rings. The molecule has 0 aromatic heterocycles. The van der Waals surface area contributed by atoms with Crippen LogP contribution < -0.4 is 9.47 Å². The predicted octanol–water partition coefficient (Wildman–Crippen LogP) is 5.05. The first-order valence-electron chi connectivity index (χ1n) is 12.9. The van der Waals surface area contributed by atoms with Gasteiger partial charge >= 0.3 is 6.09 Å². The van der Waals surface area contributed by atoms with Crippen LogP contribution in [0.4, 0.5) is 9.18 Å². The molecule has 0 spiro atoms. The van der Waals surface area contributed by atoms with Crippen LogP contribution in [-0.4, -0.2) is 59.6 Å². The second-order valence-corrected chi connectivity index (χ2v) is 10.7. The molecule has 204 valence electrons. The topological polar surface area (TPSA) is 85.4 Å². The smallest absolute Gasteiger partial charge is 0.410 e. The molecule has 0 radical (unpaired) electrons. The molecule has 0 saturated carbocycles. The second-order valence-electron chi connectivity index (χ2n) is 10.7. The molecule has 0 aliphatic carbocycles. The Morgan fingerprint density at radius 3 is 2.26 bits per heavy atom. The normalized spacial score (nSPS) is 18.9. The highest BCUT2D eigenvalue weighted by Crippen LogP contribution is 2.33. The van der Waals surface area contributed by atoms with Crippen LogP contribution in [-0.2, 0) is 20.9 Å². The summed E-state index contributed by atoms with van der Waals surface area (Å²) in [6, 6.07) is 11.8. The quantitative estimate of drug-likeness (QED) is 0.490. The van der Waals surface area contributed by atoms with Crippen molar-refractivity contribution in [3.63, 3.8) is 0 Å². The number of ether oxygens (including phenoxy) is 3. The van der Waals surface area contributed by atoms with Crippen molar-refractivity contribution in [3.05, 3.63) is 59.4 Å². The number of nitrogens with zero attached hydrogens (tertiary/aromatic N) is 2. The van der Waals surface area contributed by atoms with Gasteiger partial charge in [0.25, 0.3) is 5.91 Å². The maximum Gasteiger partial charge on any atom is 0.410 e. The van der Waals surface area contributed by atoms with Gasteiger partial charge in [0.1, 0.15) is 22.9 Å². The van der Waals surface area contributed by atoms with Gasteiger partial charge in [-0.1, -0.05) is 18.2 Å². The summed E-state index contributed by atoms with van der Waals surface area (Å²) < 4.78 is 31.6. The zero-order valence-electron chi connectivity index (χ0n) is 22.4. The van der Waals surface area contributed by atoms with E-state index < -0.39 is 23.4 Å². The van der Waals surface area contributed by atoms with Crippen molar-refractivity contribution in [1.82, 2.24) is 9.80 Å². The molecule has 2 aliphatic heterocycles. The van der Waals surface area contributed by atoms with Gasteiger partial charge in [-0.05, 0) is 68.9 Å². The van der Waals surface area contributed by atoms with E-state index in [-0.39, 0.29) is 43.1 Å². The Kier molecular flexibility index (Phi) is 8.23. The van der Waals surface area contributed by atoms with Crippen molar-refractivity contribution in [2.75, 3.05) is 20.2 Å². The van der Waals surface area contributed by atoms with Crippen LogP contribution in [0.2, 0.25) is 0 Å². The van der Waals surface area contributed by atoms with Crippen LogP contribution in [0.25, 0.3) is 0 Å². The van der Waals surface area contributed by atoms with E-state index in [1.807, 2.05) is 20.8 Å². The fourth-order valence-corrected chi connectivity index (χ4v) is 4.77. The molecule has 2 aliphatic rings. The summed E-state index contributed by atoms with van der Waals surface area (Å²) in [5, 5.41) is 0. The molecule has 0 N–H and O–H groups in total. The summed E-state index contributed by atoms with van der Waals surface area (Å²) in [6.07, 6.45) is 0.442. The maximum absolute atomic E-state index is 15.1. The van der Waals surface area contributed by atoms with E-state index in [0.717, 1.165) is 5.56 Å². The van der Waals surface area contributed by atoms with E-state index in [1.165, 1.54) is 11.0 Å². The molecule has 2 heterocycles. The molecular weight excluding hydrogens is 491 g/mol. The third kappa shape index (κ3) is 6.62. The highest BCUT2D eigenvalue weighted by Gasteiger charge is 2.36. The maximum atomic E-state index is 15.1. The minimum absolute atomic E-state index is 0.0309. The molecule has 1 unspecified atom stereocenters. The molecule has 38 heavy (non-hydrogen) atoms. The molecule has 1 atom stereocenters. The van der Waals surface area contributed by atoms with Gasteiger partial charge in [-0.3, -0.25) is 14.5 Å². The van der Waals surface area contributed by atoms with Gasteiger partial charge in [-0.2, -0.15) is 0 Å². The zero-order valence-corrected chi connectivity index (χ0v) is 22.4. The van der Waals surface area contributed by atoms with Crippen molar-refractivity contribution in [1.29, 1.82) is 0 Å². The van der Waals surface area contributed by atoms with Gasteiger partial charge in [0, 0.05) is 32.0 Å². The van der Waals surface area contributed by atoms with E-state index in [4.69, 9.17) is 14.2 Å². The fraction of sp³-hybridized carbons (Fsp3) is 0.483. The summed E-state index contributed by atoms with van der Waals surface area (Å²) in [5.74, 6) is -0.204. The van der Waals surface area contributed by atoms with Gasteiger partial charge in [0.05, 0.1) is 13.7 Å². The Bertz CT molecular complexity index is 1170. The van der Waals surface area contributed by atoms with Crippen LogP contribution >= 0.6 is 0 Å². The monoisotopic (exact) mass is 526 g/mol. The molecule has 8 nitrogen and oxygen atoms in total. The number of benzene rings is 2. The standard InChI is InChI=1S/C29H35FN2O6/c1-29(2,3)38-28(35)31-15-13-20(14-16-31)23-10-9-22(17-24(23)30)37-25-11-12-26(33)32(27(25)34)18-19-5-7-21(36-4)8-6-19/h5-10,17,20,25H,11-16,18H2,1-4H3. The molecule has 2 aromatic carbocycles. The number of hydrogen-bond donors (Lipinski definition) is 0. The highest BCUT2D eigenvalue weighted by molar-refractivity contribution is 6.00. The van der Waals surface area contributed by atoms with Gasteiger partial charge < -0.3 is 19.1 Å². The van der Waals surface area contributed by atoms with Crippen molar-refractivity contribution < 1.29 is 33.0 Å². The molecule has 2 aromatic rings. The predicted molar refractivity (Wildman–Crippen MR) is 138 cm³/mol. The number of piperidine rings is 2. The summed E-state index contributed by atoms with van der Waals surface area (Å²) >= 11 is 0. The Labute approximate surface area is 222 Å². The first-order chi connectivity index (χ1) is 18.0. The number of methoxy groups -OCH3 is 1. The minimum atomic E-state index is -0.867. The van der Waals surface area contributed by atoms with Crippen LogP contribution in [0, 0.1) is 5.82 Å². The molecule has 0 bridgehead atoms. The van der Waals surface area contributed by atoms with Crippen LogP contribution in [0.1, 0.15) is 63.5 Å². The third-order valence-electron chi connectivity index (χ3n) is 6.80. The summed E-state index contributed by atoms with van der Waals surface area (Å²) in [7, 11) is 1.57. The Balaban J connectivity index is 1.36. The Morgan fingerprint density at radius 1 is 1.00 bits per heavy atom. The number of carbonyl (C=O) groups excluding carboxylic acids is 3. The molecule has 3 amide bonds. The van der Waals surface area contributed by atoms with Gasteiger partial charge in [-0.15, -0.1) is 0 Å². The number of imide groups is 1. The second kappa shape index (κ2) is 11.4. The Hall–Kier alpha value is -3.62. The number of carbonyl (C=O) groups is 3. The first-order valence-corrected chi connectivity index (χ1v) is 12.9. The summed E-state index contributed by atoms with van der Waals surface area (Å²) in [4.78, 5) is 40.7. The fourth-order valence-electron chi connectivity index (χ4n) is 4.77. The minimum Gasteiger partial charge on any atom is -0.497 e. The van der Waals surface area contributed by atoms with Crippen LogP contribution in [0.15, 0.2) is 42.5 Å². The number of hydrogen-bond acceptors (Lipinski definition) is 6. The van der Waals surface area contributed by atoms with Gasteiger partial charge in [0.2, 0.25) is 5.91 Å². The zero-order chi connectivity index (χ0) is 27.4. The lowest BCUT2D eigenvalue weighted by atomic mass is 9.89. The lowest BCUT2D eigenvalue weighted by Gasteiger charge is -2.34. The number of likely N-dealkylation sites (tertiary alicyclic amines) is 2. The molecule has 9 heteroatoms. The van der Waals surface area contributed by atoms with Crippen molar-refractivity contribution in [3.8, 4) is 11.5 Å². The van der Waals surface area contributed by atoms with Gasteiger partial charge in [0.15, 0.2) is 6.10 Å². The average molecular weight is 527 g/mol. The number of rotatable bonds is 6. The Morgan fingerprint density at radius 2 is 1.66 bits per heavy atom. The molecular formula is C29H35FN2O6. The van der Waals surface area contributed by atoms with Crippen molar-refractivity contribution >= 4 is 17.9 Å². The van der Waals surface area contributed by atoms with E-state index in [1.54, 1.807) is 48.4 Å². The van der Waals surface area contributed by atoms with Crippen LogP contribution in [0.3, 0.4) is 0 Å². The largest absolute Gasteiger partial charge is 0.497 e. The van der Waals surface area contributed by atoms with E-state index >= 15 is 4.39 Å². The average Bonchev–Trinajstić information content (AvgIpc) is 2.88. The lowest BCUT2D eigenvalue weighted by Crippen LogP contribution is -2.49. The number of amides is 3. The van der Waals surface area contributed by atoms with E-state index in [2.05, 4.69) is 0 Å². The van der Waals surface area contributed by atoms with E-state index in [9.17, 15) is 14.4 Å². The SMILES string of the molecule is COc1ccc(CN2C(=O)CCC(Oc3ccc(C4CCN(C(=O)OC(C)(C)C)CC4)c(F)c3)C2=O)cc1. The first kappa shape index (κ1) is 27.4.